The van der Waals surface area contributed by atoms with Gasteiger partial charge in [-0.1, -0.05) is 60.7 Å². The van der Waals surface area contributed by atoms with Gasteiger partial charge in [0.15, 0.2) is 0 Å². The molecule has 1 heterocycles. The Hall–Kier alpha value is -1.68. The van der Waals surface area contributed by atoms with Gasteiger partial charge in [-0.2, -0.15) is 0 Å². The van der Waals surface area contributed by atoms with Gasteiger partial charge in [0, 0.05) is 5.92 Å². The minimum atomic E-state index is 0.310. The van der Waals surface area contributed by atoms with Crippen LogP contribution in [0.1, 0.15) is 29.6 Å². The number of hydrogen-bond acceptors (Lipinski definition) is 3. The molecule has 2 unspecified atom stereocenters. The highest BCUT2D eigenvalue weighted by Crippen LogP contribution is 2.38. The molecule has 0 aliphatic carbocycles. The Morgan fingerprint density at radius 3 is 1.60 bits per heavy atom. The highest BCUT2D eigenvalue weighted by Gasteiger charge is 2.36. The molecule has 0 saturated carbocycles. The third-order valence-corrected chi connectivity index (χ3v) is 4.07. The molecule has 0 spiro atoms. The molecule has 3 heteroatoms. The lowest BCUT2D eigenvalue weighted by Gasteiger charge is -2.23. The molecular weight excluding hydrogens is 246 g/mol. The van der Waals surface area contributed by atoms with E-state index >= 15 is 0 Å². The summed E-state index contributed by atoms with van der Waals surface area (Å²) in [6.45, 7) is 0.709. The maximum atomic E-state index is 5.83. The fourth-order valence-electron chi connectivity index (χ4n) is 3.09. The van der Waals surface area contributed by atoms with Crippen molar-refractivity contribution in [2.24, 2.45) is 11.7 Å². The maximum absolute atomic E-state index is 5.83. The lowest BCUT2D eigenvalue weighted by Crippen LogP contribution is -2.26. The van der Waals surface area contributed by atoms with Gasteiger partial charge in [-0.15, -0.1) is 0 Å². The van der Waals surface area contributed by atoms with E-state index in [9.17, 15) is 0 Å². The van der Waals surface area contributed by atoms with Crippen molar-refractivity contribution in [3.8, 4) is 0 Å². The summed E-state index contributed by atoms with van der Waals surface area (Å²) in [7, 11) is 0. The average molecular weight is 267 g/mol. The van der Waals surface area contributed by atoms with Crippen LogP contribution in [0.4, 0.5) is 0 Å². The van der Waals surface area contributed by atoms with Crippen molar-refractivity contribution in [3.05, 3.63) is 71.8 Å². The molecule has 0 aromatic heterocycles. The Labute approximate surface area is 120 Å². The lowest BCUT2D eigenvalue weighted by atomic mass is 9.84. The lowest BCUT2D eigenvalue weighted by molar-refractivity contribution is 0.401. The van der Waals surface area contributed by atoms with Gasteiger partial charge >= 0.3 is 0 Å². The van der Waals surface area contributed by atoms with Gasteiger partial charge < -0.3 is 5.73 Å². The fourth-order valence-corrected chi connectivity index (χ4v) is 3.09. The molecule has 0 bridgehead atoms. The third kappa shape index (κ3) is 2.61. The van der Waals surface area contributed by atoms with Crippen molar-refractivity contribution in [2.75, 3.05) is 6.54 Å². The molecule has 104 valence electrons. The Morgan fingerprint density at radius 1 is 0.750 bits per heavy atom. The van der Waals surface area contributed by atoms with E-state index in [1.807, 2.05) is 0 Å². The topological polar surface area (TPSA) is 50.1 Å². The van der Waals surface area contributed by atoms with Gasteiger partial charge in [0.25, 0.3) is 0 Å². The minimum absolute atomic E-state index is 0.310. The maximum Gasteiger partial charge on any atom is 0.0509 e. The molecule has 2 atom stereocenters. The molecule has 2 aromatic carbocycles. The Balaban J connectivity index is 1.87. The van der Waals surface area contributed by atoms with Crippen molar-refractivity contribution in [1.82, 2.24) is 10.9 Å². The minimum Gasteiger partial charge on any atom is -0.330 e. The van der Waals surface area contributed by atoms with Crippen molar-refractivity contribution in [3.63, 3.8) is 0 Å². The summed E-state index contributed by atoms with van der Waals surface area (Å²) in [6, 6.07) is 21.8. The van der Waals surface area contributed by atoms with Crippen LogP contribution in [0.3, 0.4) is 0 Å². The Kier molecular flexibility index (Phi) is 4.11. The first-order valence-electron chi connectivity index (χ1n) is 7.21. The molecule has 1 saturated heterocycles. The summed E-state index contributed by atoms with van der Waals surface area (Å²) < 4.78 is 0. The van der Waals surface area contributed by atoms with Crippen LogP contribution in [-0.2, 0) is 0 Å². The van der Waals surface area contributed by atoms with Gasteiger partial charge in [-0.25, -0.2) is 10.9 Å². The van der Waals surface area contributed by atoms with Gasteiger partial charge in [0.05, 0.1) is 12.1 Å². The van der Waals surface area contributed by atoms with Gasteiger partial charge in [-0.3, -0.25) is 0 Å². The summed E-state index contributed by atoms with van der Waals surface area (Å²) in [4.78, 5) is 0. The van der Waals surface area contributed by atoms with Gasteiger partial charge in [0.2, 0.25) is 0 Å². The standard InChI is InChI=1S/C17H21N3/c18-12-11-15-16(13-7-3-1-4-8-13)19-20-17(15)14-9-5-2-6-10-14/h1-10,15-17,19-20H,11-12,18H2. The second-order valence-electron chi connectivity index (χ2n) is 5.31. The zero-order chi connectivity index (χ0) is 13.8. The molecule has 1 aliphatic rings. The zero-order valence-corrected chi connectivity index (χ0v) is 11.5. The van der Waals surface area contributed by atoms with E-state index < -0.39 is 0 Å². The van der Waals surface area contributed by atoms with Crippen molar-refractivity contribution in [2.45, 2.75) is 18.5 Å². The average Bonchev–Trinajstić information content (AvgIpc) is 2.93. The summed E-state index contributed by atoms with van der Waals surface area (Å²) in [5, 5.41) is 0. The monoisotopic (exact) mass is 267 g/mol. The van der Waals surface area contributed by atoms with E-state index in [4.69, 9.17) is 5.73 Å². The number of nitrogens with one attached hydrogen (secondary N) is 2. The summed E-state index contributed by atoms with van der Waals surface area (Å²) in [5.41, 5.74) is 15.4. The van der Waals surface area contributed by atoms with Crippen LogP contribution < -0.4 is 16.6 Å². The van der Waals surface area contributed by atoms with E-state index in [0.29, 0.717) is 24.5 Å². The second kappa shape index (κ2) is 6.18. The summed E-state index contributed by atoms with van der Waals surface area (Å²) in [6.07, 6.45) is 0.999. The van der Waals surface area contributed by atoms with Gasteiger partial charge in [-0.05, 0) is 24.1 Å². The van der Waals surface area contributed by atoms with Crippen molar-refractivity contribution >= 4 is 0 Å². The normalized spacial score (nSPS) is 25.8. The first-order chi connectivity index (χ1) is 9.90. The summed E-state index contributed by atoms with van der Waals surface area (Å²) in [5.74, 6) is 0.463. The Morgan fingerprint density at radius 2 is 1.20 bits per heavy atom. The molecular formula is C17H21N3. The van der Waals surface area contributed by atoms with E-state index in [-0.39, 0.29) is 0 Å². The predicted molar refractivity (Wildman–Crippen MR) is 81.8 cm³/mol. The molecule has 4 N–H and O–H groups in total. The largest absolute Gasteiger partial charge is 0.330 e. The SMILES string of the molecule is NCCC1C(c2ccccc2)NNC1c1ccccc1. The molecule has 1 aliphatic heterocycles. The molecule has 3 rings (SSSR count). The number of benzene rings is 2. The number of rotatable bonds is 4. The molecule has 1 fully saturated rings. The number of hydrogen-bond donors (Lipinski definition) is 3. The van der Waals surface area contributed by atoms with Crippen molar-refractivity contribution in [1.29, 1.82) is 0 Å². The highest BCUT2D eigenvalue weighted by molar-refractivity contribution is 5.26. The molecule has 3 nitrogen and oxygen atoms in total. The first-order valence-corrected chi connectivity index (χ1v) is 7.21. The van der Waals surface area contributed by atoms with E-state index in [0.717, 1.165) is 6.42 Å². The molecule has 0 amide bonds. The quantitative estimate of drug-likeness (QED) is 0.798. The van der Waals surface area contributed by atoms with Gasteiger partial charge in [0.1, 0.15) is 0 Å². The van der Waals surface area contributed by atoms with E-state index in [2.05, 4.69) is 71.5 Å². The third-order valence-electron chi connectivity index (χ3n) is 4.07. The predicted octanol–water partition coefficient (Wildman–Crippen LogP) is 2.54. The van der Waals surface area contributed by atoms with E-state index in [1.165, 1.54) is 11.1 Å². The molecule has 0 radical (unpaired) electrons. The Bertz CT molecular complexity index is 479. The number of hydrazine groups is 1. The van der Waals surface area contributed by atoms with Crippen LogP contribution in [0.5, 0.6) is 0 Å². The fraction of sp³-hybridized carbons (Fsp3) is 0.294. The smallest absolute Gasteiger partial charge is 0.0509 e. The molecule has 2 aromatic rings. The zero-order valence-electron chi connectivity index (χ0n) is 11.5. The van der Waals surface area contributed by atoms with Crippen LogP contribution in [0, 0.1) is 5.92 Å². The molecule has 20 heavy (non-hydrogen) atoms. The first kappa shape index (κ1) is 13.3. The van der Waals surface area contributed by atoms with Crippen LogP contribution in [0.2, 0.25) is 0 Å². The summed E-state index contributed by atoms with van der Waals surface area (Å²) >= 11 is 0. The van der Waals surface area contributed by atoms with Crippen LogP contribution in [0.25, 0.3) is 0 Å². The van der Waals surface area contributed by atoms with E-state index in [1.54, 1.807) is 0 Å². The van der Waals surface area contributed by atoms with Crippen molar-refractivity contribution < 1.29 is 0 Å². The van der Waals surface area contributed by atoms with Crippen LogP contribution in [0.15, 0.2) is 60.7 Å². The highest BCUT2D eigenvalue weighted by atomic mass is 15.4. The number of nitrogens with two attached hydrogens (primary N) is 1. The van der Waals surface area contributed by atoms with Crippen LogP contribution >= 0.6 is 0 Å². The van der Waals surface area contributed by atoms with Crippen LogP contribution in [-0.4, -0.2) is 6.54 Å². The second-order valence-corrected chi connectivity index (χ2v) is 5.31.